The lowest BCUT2D eigenvalue weighted by atomic mass is 10.1. The van der Waals surface area contributed by atoms with Crippen LogP contribution in [0.3, 0.4) is 0 Å². The fourth-order valence-electron chi connectivity index (χ4n) is 1.75. The molecule has 2 rings (SSSR count). The maximum absolute atomic E-state index is 10.2. The molecule has 1 unspecified atom stereocenters. The highest BCUT2D eigenvalue weighted by atomic mass is 35.5. The van der Waals surface area contributed by atoms with Crippen LogP contribution in [0.2, 0.25) is 10.0 Å². The summed E-state index contributed by atoms with van der Waals surface area (Å²) in [5.41, 5.74) is 1.88. The van der Waals surface area contributed by atoms with Crippen LogP contribution in [0.25, 0.3) is 0 Å². The number of thioether (sulfide) groups is 1. The van der Waals surface area contributed by atoms with E-state index in [4.69, 9.17) is 23.2 Å². The number of rotatable bonds is 4. The molecule has 4 heteroatoms. The third-order valence-corrected chi connectivity index (χ3v) is 4.92. The van der Waals surface area contributed by atoms with E-state index in [2.05, 4.69) is 13.0 Å². The van der Waals surface area contributed by atoms with Crippen LogP contribution < -0.4 is 0 Å². The molecular weight excluding hydrogens is 299 g/mol. The first-order valence-electron chi connectivity index (χ1n) is 5.90. The standard InChI is InChI=1S/C15H14Cl2OS/c1-10-5-2-3-8-14(10)19-9-13(18)11-6-4-7-12(16)15(11)17/h2-8,13,18H,9H2,1H3. The Labute approximate surface area is 127 Å². The number of aliphatic hydroxyl groups is 1. The van der Waals surface area contributed by atoms with Gasteiger partial charge in [0.1, 0.15) is 0 Å². The SMILES string of the molecule is Cc1ccccc1SCC(O)c1cccc(Cl)c1Cl. The van der Waals surface area contributed by atoms with Gasteiger partial charge in [0.05, 0.1) is 16.1 Å². The van der Waals surface area contributed by atoms with E-state index in [1.165, 1.54) is 10.5 Å². The van der Waals surface area contributed by atoms with E-state index in [1.807, 2.05) is 18.2 Å². The lowest BCUT2D eigenvalue weighted by Crippen LogP contribution is -2.01. The van der Waals surface area contributed by atoms with E-state index in [-0.39, 0.29) is 0 Å². The topological polar surface area (TPSA) is 20.2 Å². The van der Waals surface area contributed by atoms with Gasteiger partial charge in [0.25, 0.3) is 0 Å². The van der Waals surface area contributed by atoms with Crippen molar-refractivity contribution < 1.29 is 5.11 Å². The largest absolute Gasteiger partial charge is 0.387 e. The van der Waals surface area contributed by atoms with Gasteiger partial charge in [-0.2, -0.15) is 0 Å². The molecule has 0 aliphatic carbocycles. The van der Waals surface area contributed by atoms with Crippen LogP contribution in [0.1, 0.15) is 17.2 Å². The molecule has 1 N–H and O–H groups in total. The Bertz CT molecular complexity index is 572. The number of hydrogen-bond donors (Lipinski definition) is 1. The van der Waals surface area contributed by atoms with Crippen LogP contribution in [0.15, 0.2) is 47.4 Å². The molecule has 0 fully saturated rings. The van der Waals surface area contributed by atoms with Gasteiger partial charge in [-0.25, -0.2) is 0 Å². The quantitative estimate of drug-likeness (QED) is 0.790. The number of benzene rings is 2. The third-order valence-electron chi connectivity index (χ3n) is 2.83. The Morgan fingerprint density at radius 3 is 2.58 bits per heavy atom. The predicted molar refractivity (Wildman–Crippen MR) is 83.3 cm³/mol. The van der Waals surface area contributed by atoms with Crippen molar-refractivity contribution in [3.05, 3.63) is 63.6 Å². The van der Waals surface area contributed by atoms with Gasteiger partial charge < -0.3 is 5.11 Å². The Kier molecular flexibility index (Phi) is 5.17. The van der Waals surface area contributed by atoms with Crippen LogP contribution in [0.4, 0.5) is 0 Å². The fourth-order valence-corrected chi connectivity index (χ4v) is 3.18. The van der Waals surface area contributed by atoms with E-state index in [0.717, 1.165) is 0 Å². The first-order chi connectivity index (χ1) is 9.09. The number of hydrogen-bond acceptors (Lipinski definition) is 2. The fraction of sp³-hybridized carbons (Fsp3) is 0.200. The van der Waals surface area contributed by atoms with Crippen LogP contribution in [0.5, 0.6) is 0 Å². The van der Waals surface area contributed by atoms with Crippen molar-refractivity contribution in [2.75, 3.05) is 5.75 Å². The lowest BCUT2D eigenvalue weighted by Gasteiger charge is -2.14. The second-order valence-corrected chi connectivity index (χ2v) is 6.08. The van der Waals surface area contributed by atoms with Crippen molar-refractivity contribution in [1.82, 2.24) is 0 Å². The molecule has 0 heterocycles. The zero-order valence-electron chi connectivity index (χ0n) is 10.4. The molecule has 0 spiro atoms. The zero-order chi connectivity index (χ0) is 13.8. The minimum atomic E-state index is -0.629. The first kappa shape index (κ1) is 14.7. The summed E-state index contributed by atoms with van der Waals surface area (Å²) in [7, 11) is 0. The maximum atomic E-state index is 10.2. The molecule has 1 atom stereocenters. The molecule has 0 bridgehead atoms. The van der Waals surface area contributed by atoms with Gasteiger partial charge in [-0.1, -0.05) is 53.5 Å². The van der Waals surface area contributed by atoms with Gasteiger partial charge >= 0.3 is 0 Å². The van der Waals surface area contributed by atoms with E-state index in [1.54, 1.807) is 30.0 Å². The first-order valence-corrected chi connectivity index (χ1v) is 7.64. The maximum Gasteiger partial charge on any atom is 0.0898 e. The van der Waals surface area contributed by atoms with Crippen molar-refractivity contribution in [1.29, 1.82) is 0 Å². The lowest BCUT2D eigenvalue weighted by molar-refractivity contribution is 0.204. The Morgan fingerprint density at radius 1 is 1.11 bits per heavy atom. The van der Waals surface area contributed by atoms with E-state index < -0.39 is 6.10 Å². The Balaban J connectivity index is 2.08. The highest BCUT2D eigenvalue weighted by Crippen LogP contribution is 2.33. The normalized spacial score (nSPS) is 12.4. The highest BCUT2D eigenvalue weighted by molar-refractivity contribution is 7.99. The summed E-state index contributed by atoms with van der Waals surface area (Å²) in [5.74, 6) is 0.547. The molecule has 0 radical (unpaired) electrons. The highest BCUT2D eigenvalue weighted by Gasteiger charge is 2.14. The third kappa shape index (κ3) is 3.67. The molecule has 0 saturated carbocycles. The molecular formula is C15H14Cl2OS. The van der Waals surface area contributed by atoms with Crippen molar-refractivity contribution in [2.45, 2.75) is 17.9 Å². The van der Waals surface area contributed by atoms with Crippen LogP contribution in [0, 0.1) is 6.92 Å². The van der Waals surface area contributed by atoms with Crippen molar-refractivity contribution >= 4 is 35.0 Å². The molecule has 2 aromatic rings. The molecule has 1 nitrogen and oxygen atoms in total. The van der Waals surface area contributed by atoms with Gasteiger partial charge in [0.2, 0.25) is 0 Å². The minimum absolute atomic E-state index is 0.432. The summed E-state index contributed by atoms with van der Waals surface area (Å²) < 4.78 is 0. The van der Waals surface area contributed by atoms with Gasteiger partial charge in [0, 0.05) is 16.2 Å². The van der Waals surface area contributed by atoms with Gasteiger partial charge in [-0.3, -0.25) is 0 Å². The van der Waals surface area contributed by atoms with Crippen molar-refractivity contribution in [3.8, 4) is 0 Å². The minimum Gasteiger partial charge on any atom is -0.387 e. The number of aryl methyl sites for hydroxylation is 1. The van der Waals surface area contributed by atoms with Crippen molar-refractivity contribution in [3.63, 3.8) is 0 Å². The van der Waals surface area contributed by atoms with E-state index >= 15 is 0 Å². The molecule has 0 aliphatic heterocycles. The molecule has 0 amide bonds. The predicted octanol–water partition coefficient (Wildman–Crippen LogP) is 5.13. The van der Waals surface area contributed by atoms with Crippen molar-refractivity contribution in [2.24, 2.45) is 0 Å². The second kappa shape index (κ2) is 6.67. The van der Waals surface area contributed by atoms with E-state index in [0.29, 0.717) is 21.4 Å². The summed E-state index contributed by atoms with van der Waals surface area (Å²) in [6.45, 7) is 2.06. The number of aliphatic hydroxyl groups excluding tert-OH is 1. The summed E-state index contributed by atoms with van der Waals surface area (Å²) >= 11 is 13.7. The average molecular weight is 313 g/mol. The monoisotopic (exact) mass is 312 g/mol. The molecule has 2 aromatic carbocycles. The van der Waals surface area contributed by atoms with Gasteiger partial charge in [-0.15, -0.1) is 11.8 Å². The zero-order valence-corrected chi connectivity index (χ0v) is 12.8. The van der Waals surface area contributed by atoms with Crippen LogP contribution in [-0.2, 0) is 0 Å². The Morgan fingerprint density at radius 2 is 1.84 bits per heavy atom. The summed E-state index contributed by atoms with van der Waals surface area (Å²) in [5, 5.41) is 11.1. The molecule has 0 aliphatic rings. The van der Waals surface area contributed by atoms with Crippen LogP contribution in [-0.4, -0.2) is 10.9 Å². The Hall–Kier alpha value is -0.670. The number of halogens is 2. The molecule has 100 valence electrons. The smallest absolute Gasteiger partial charge is 0.0898 e. The average Bonchev–Trinajstić information content (AvgIpc) is 2.40. The molecule has 19 heavy (non-hydrogen) atoms. The van der Waals surface area contributed by atoms with Gasteiger partial charge in [-0.05, 0) is 24.6 Å². The summed E-state index contributed by atoms with van der Waals surface area (Å²) in [6, 6.07) is 13.4. The van der Waals surface area contributed by atoms with Crippen LogP contribution >= 0.6 is 35.0 Å². The van der Waals surface area contributed by atoms with E-state index in [9.17, 15) is 5.11 Å². The summed E-state index contributed by atoms with van der Waals surface area (Å²) in [6.07, 6.45) is -0.629. The summed E-state index contributed by atoms with van der Waals surface area (Å²) in [4.78, 5) is 1.17. The second-order valence-electron chi connectivity index (χ2n) is 4.24. The van der Waals surface area contributed by atoms with Gasteiger partial charge in [0.15, 0.2) is 0 Å². The molecule has 0 aromatic heterocycles. The molecule has 0 saturated heterocycles.